The van der Waals surface area contributed by atoms with Gasteiger partial charge in [-0.15, -0.1) is 0 Å². The van der Waals surface area contributed by atoms with E-state index in [0.717, 1.165) is 5.56 Å². The van der Waals surface area contributed by atoms with Crippen LogP contribution < -0.4 is 10.0 Å². The summed E-state index contributed by atoms with van der Waals surface area (Å²) in [5.74, 6) is 0. The fourth-order valence-corrected chi connectivity index (χ4v) is 2.91. The van der Waals surface area contributed by atoms with Crippen molar-refractivity contribution in [3.8, 4) is 0 Å². The summed E-state index contributed by atoms with van der Waals surface area (Å²) < 4.78 is 26.1. The number of rotatable bonds is 6. The second-order valence-corrected chi connectivity index (χ2v) is 7.06. The molecule has 0 heterocycles. The van der Waals surface area contributed by atoms with Crippen molar-refractivity contribution < 1.29 is 8.42 Å². The fraction of sp³-hybridized carbons (Fsp3) is 0.538. The van der Waals surface area contributed by atoms with E-state index in [0.29, 0.717) is 25.2 Å². The summed E-state index contributed by atoms with van der Waals surface area (Å²) >= 11 is 0. The molecule has 5 heteroatoms. The molecule has 0 saturated heterocycles. The number of benzene rings is 1. The van der Waals surface area contributed by atoms with Crippen molar-refractivity contribution in [1.82, 2.24) is 0 Å². The summed E-state index contributed by atoms with van der Waals surface area (Å²) in [5.41, 5.74) is 7.30. The van der Waals surface area contributed by atoms with Gasteiger partial charge < -0.3 is 5.73 Å². The first-order valence-electron chi connectivity index (χ1n) is 6.18. The molecule has 0 atom stereocenters. The fourth-order valence-electron chi connectivity index (χ4n) is 1.60. The molecule has 0 aliphatic rings. The van der Waals surface area contributed by atoms with Crippen LogP contribution in [-0.4, -0.2) is 26.8 Å². The largest absolute Gasteiger partial charge is 0.330 e. The number of hydrogen-bond donors (Lipinski definition) is 1. The molecular weight excluding hydrogens is 248 g/mol. The Bertz CT molecular complexity index is 466. The minimum Gasteiger partial charge on any atom is -0.330 e. The van der Waals surface area contributed by atoms with E-state index < -0.39 is 15.3 Å². The lowest BCUT2D eigenvalue weighted by atomic mass is 10.2. The molecule has 102 valence electrons. The summed E-state index contributed by atoms with van der Waals surface area (Å²) in [6, 6.07) is 7.51. The van der Waals surface area contributed by atoms with Crippen molar-refractivity contribution >= 4 is 15.7 Å². The van der Waals surface area contributed by atoms with Crippen LogP contribution in [0.15, 0.2) is 24.3 Å². The molecule has 0 radical (unpaired) electrons. The smallest absolute Gasteiger partial charge is 0.237 e. The van der Waals surface area contributed by atoms with Crippen LogP contribution in [-0.2, 0) is 10.0 Å². The van der Waals surface area contributed by atoms with Gasteiger partial charge in [0, 0.05) is 6.54 Å². The van der Waals surface area contributed by atoms with Gasteiger partial charge >= 0.3 is 0 Å². The molecule has 0 unspecified atom stereocenters. The first-order valence-corrected chi connectivity index (χ1v) is 7.68. The maximum absolute atomic E-state index is 12.3. The highest BCUT2D eigenvalue weighted by Gasteiger charge is 2.25. The van der Waals surface area contributed by atoms with Gasteiger partial charge in [-0.3, -0.25) is 4.31 Å². The maximum atomic E-state index is 12.3. The molecule has 0 bridgehead atoms. The molecule has 0 spiro atoms. The van der Waals surface area contributed by atoms with Gasteiger partial charge in [-0.05, 0) is 45.9 Å². The number of sulfonamides is 1. The van der Waals surface area contributed by atoms with E-state index in [9.17, 15) is 8.42 Å². The van der Waals surface area contributed by atoms with Gasteiger partial charge in [-0.2, -0.15) is 0 Å². The average molecular weight is 270 g/mol. The number of anilines is 1. The Balaban J connectivity index is 3.09. The highest BCUT2D eigenvalue weighted by Crippen LogP contribution is 2.21. The first-order chi connectivity index (χ1) is 8.39. The monoisotopic (exact) mass is 270 g/mol. The lowest BCUT2D eigenvalue weighted by molar-refractivity contribution is 0.580. The molecule has 1 aromatic carbocycles. The van der Waals surface area contributed by atoms with Gasteiger partial charge in [-0.1, -0.05) is 17.7 Å². The molecule has 0 saturated carbocycles. The van der Waals surface area contributed by atoms with Crippen LogP contribution in [0.1, 0.15) is 25.8 Å². The van der Waals surface area contributed by atoms with Crippen LogP contribution in [0.25, 0.3) is 0 Å². The molecule has 1 aromatic rings. The normalized spacial score (nSPS) is 11.8. The third-order valence-corrected chi connectivity index (χ3v) is 4.99. The van der Waals surface area contributed by atoms with Crippen molar-refractivity contribution in [2.24, 2.45) is 5.73 Å². The lowest BCUT2D eigenvalue weighted by Gasteiger charge is -2.26. The highest BCUT2D eigenvalue weighted by molar-refractivity contribution is 7.93. The average Bonchev–Trinajstić information content (AvgIpc) is 2.31. The van der Waals surface area contributed by atoms with Crippen molar-refractivity contribution in [2.45, 2.75) is 32.4 Å². The van der Waals surface area contributed by atoms with E-state index in [1.54, 1.807) is 13.8 Å². The van der Waals surface area contributed by atoms with Crippen molar-refractivity contribution in [3.05, 3.63) is 29.8 Å². The second kappa shape index (κ2) is 6.20. The number of aryl methyl sites for hydroxylation is 1. The minimum absolute atomic E-state index is 0.431. The predicted molar refractivity (Wildman–Crippen MR) is 76.3 cm³/mol. The van der Waals surface area contributed by atoms with Crippen molar-refractivity contribution in [2.75, 3.05) is 17.4 Å². The Kier molecular flexibility index (Phi) is 5.16. The van der Waals surface area contributed by atoms with Crippen molar-refractivity contribution in [1.29, 1.82) is 0 Å². The van der Waals surface area contributed by atoms with E-state index in [-0.39, 0.29) is 0 Å². The predicted octanol–water partition coefficient (Wildman–Crippen LogP) is 1.89. The van der Waals surface area contributed by atoms with Crippen LogP contribution >= 0.6 is 0 Å². The summed E-state index contributed by atoms with van der Waals surface area (Å²) in [4.78, 5) is 0. The van der Waals surface area contributed by atoms with Gasteiger partial charge in [0.2, 0.25) is 10.0 Å². The number of nitrogens with two attached hydrogens (primary N) is 1. The Morgan fingerprint density at radius 2 is 1.78 bits per heavy atom. The maximum Gasteiger partial charge on any atom is 0.237 e. The molecule has 18 heavy (non-hydrogen) atoms. The van der Waals surface area contributed by atoms with Gasteiger partial charge in [0.15, 0.2) is 0 Å². The van der Waals surface area contributed by atoms with Gasteiger partial charge in [0.05, 0.1) is 10.9 Å². The van der Waals surface area contributed by atoms with Crippen LogP contribution in [0, 0.1) is 6.92 Å². The second-order valence-electron chi connectivity index (χ2n) is 4.64. The summed E-state index contributed by atoms with van der Waals surface area (Å²) in [7, 11) is -3.30. The first kappa shape index (κ1) is 15.0. The van der Waals surface area contributed by atoms with Crippen LogP contribution in [0.5, 0.6) is 0 Å². The standard InChI is InChI=1S/C13H22N2O2S/c1-11(2)18(16,17)15(10-4-9-14)13-7-5-12(3)6-8-13/h5-8,11H,4,9-10,14H2,1-3H3. The molecule has 1 rings (SSSR count). The van der Waals surface area contributed by atoms with Crippen LogP contribution in [0.3, 0.4) is 0 Å². The van der Waals surface area contributed by atoms with Crippen LogP contribution in [0.4, 0.5) is 5.69 Å². The topological polar surface area (TPSA) is 63.4 Å². The summed E-state index contributed by atoms with van der Waals surface area (Å²) in [6.07, 6.45) is 0.653. The molecule has 0 fully saturated rings. The third-order valence-electron chi connectivity index (χ3n) is 2.79. The Morgan fingerprint density at radius 3 is 2.22 bits per heavy atom. The Hall–Kier alpha value is -1.07. The molecule has 0 amide bonds. The summed E-state index contributed by atoms with van der Waals surface area (Å²) in [6.45, 7) is 6.28. The van der Waals surface area contributed by atoms with E-state index in [4.69, 9.17) is 5.73 Å². The van der Waals surface area contributed by atoms with E-state index in [1.807, 2.05) is 31.2 Å². The zero-order chi connectivity index (χ0) is 13.8. The Morgan fingerprint density at radius 1 is 1.22 bits per heavy atom. The number of nitrogens with zero attached hydrogens (tertiary/aromatic N) is 1. The zero-order valence-corrected chi connectivity index (χ0v) is 12.1. The molecule has 0 aliphatic heterocycles. The summed E-state index contributed by atoms with van der Waals surface area (Å²) in [5, 5.41) is -0.434. The highest BCUT2D eigenvalue weighted by atomic mass is 32.2. The van der Waals surface area contributed by atoms with Gasteiger partial charge in [0.1, 0.15) is 0 Å². The molecule has 2 N–H and O–H groups in total. The minimum atomic E-state index is -3.30. The van der Waals surface area contributed by atoms with Gasteiger partial charge in [0.25, 0.3) is 0 Å². The van der Waals surface area contributed by atoms with E-state index in [1.165, 1.54) is 4.31 Å². The Labute approximate surface area is 110 Å². The van der Waals surface area contributed by atoms with Crippen molar-refractivity contribution in [3.63, 3.8) is 0 Å². The SMILES string of the molecule is Cc1ccc(N(CCCN)S(=O)(=O)C(C)C)cc1. The van der Waals surface area contributed by atoms with Crippen LogP contribution in [0.2, 0.25) is 0 Å². The molecule has 0 aromatic heterocycles. The van der Waals surface area contributed by atoms with E-state index in [2.05, 4.69) is 0 Å². The quantitative estimate of drug-likeness (QED) is 0.858. The molecule has 4 nitrogen and oxygen atoms in total. The molecule has 0 aliphatic carbocycles. The lowest BCUT2D eigenvalue weighted by Crippen LogP contribution is -2.37. The van der Waals surface area contributed by atoms with E-state index >= 15 is 0 Å². The number of hydrogen-bond acceptors (Lipinski definition) is 3. The van der Waals surface area contributed by atoms with Gasteiger partial charge in [-0.25, -0.2) is 8.42 Å². The third kappa shape index (κ3) is 3.46. The zero-order valence-electron chi connectivity index (χ0n) is 11.3. The molecular formula is C13H22N2O2S.